The summed E-state index contributed by atoms with van der Waals surface area (Å²) in [4.78, 5) is 4.13. The molecule has 0 fully saturated rings. The van der Waals surface area contributed by atoms with Crippen LogP contribution in [0, 0.1) is 5.92 Å². The number of nitrogens with two attached hydrogens (primary N) is 1. The van der Waals surface area contributed by atoms with Crippen molar-refractivity contribution in [3.63, 3.8) is 0 Å². The molecule has 0 aliphatic rings. The first-order chi connectivity index (χ1) is 7.13. The third-order valence-electron chi connectivity index (χ3n) is 2.20. The van der Waals surface area contributed by atoms with Crippen molar-refractivity contribution in [1.82, 2.24) is 4.98 Å². The molecule has 1 atom stereocenters. The Morgan fingerprint density at radius 1 is 1.40 bits per heavy atom. The lowest BCUT2D eigenvalue weighted by molar-refractivity contribution is 0.338. The zero-order chi connectivity index (χ0) is 11.3. The topological polar surface area (TPSA) is 48.1 Å². The van der Waals surface area contributed by atoms with E-state index in [1.165, 1.54) is 0 Å². The maximum atomic E-state index is 6.07. The predicted molar refractivity (Wildman–Crippen MR) is 61.8 cm³/mol. The zero-order valence-corrected chi connectivity index (χ0v) is 9.73. The predicted octanol–water partition coefficient (Wildman–Crippen LogP) is 2.53. The molecule has 2 N–H and O–H groups in total. The number of nitrogens with zero attached hydrogens (tertiary/aromatic N) is 1. The Morgan fingerprint density at radius 2 is 2.13 bits per heavy atom. The fourth-order valence-corrected chi connectivity index (χ4v) is 1.53. The van der Waals surface area contributed by atoms with E-state index in [2.05, 4.69) is 18.8 Å². The molecule has 1 rings (SSSR count). The van der Waals surface area contributed by atoms with Gasteiger partial charge in [-0.1, -0.05) is 13.8 Å². The third kappa shape index (κ3) is 3.88. The molecule has 3 heteroatoms. The van der Waals surface area contributed by atoms with E-state index in [1.54, 1.807) is 6.20 Å². The summed E-state index contributed by atoms with van der Waals surface area (Å²) in [5.41, 5.74) is 7.12. The van der Waals surface area contributed by atoms with E-state index >= 15 is 0 Å². The van der Waals surface area contributed by atoms with Crippen molar-refractivity contribution in [2.75, 3.05) is 6.61 Å². The molecule has 15 heavy (non-hydrogen) atoms. The van der Waals surface area contributed by atoms with Crippen LogP contribution in [-0.2, 0) is 0 Å². The minimum atomic E-state index is 0.0536. The fraction of sp³-hybridized carbons (Fsp3) is 0.583. The van der Waals surface area contributed by atoms with Crippen molar-refractivity contribution in [2.45, 2.75) is 33.2 Å². The van der Waals surface area contributed by atoms with Crippen LogP contribution in [0.3, 0.4) is 0 Å². The summed E-state index contributed by atoms with van der Waals surface area (Å²) in [6.45, 7) is 6.95. The SMILES string of the molecule is CCOc1cncc(C(N)CC(C)C)c1. The van der Waals surface area contributed by atoms with E-state index in [1.807, 2.05) is 19.2 Å². The van der Waals surface area contributed by atoms with Crippen LogP contribution in [0.5, 0.6) is 5.75 Å². The van der Waals surface area contributed by atoms with E-state index in [-0.39, 0.29) is 6.04 Å². The van der Waals surface area contributed by atoms with Crippen LogP contribution in [0.25, 0.3) is 0 Å². The molecule has 0 saturated heterocycles. The van der Waals surface area contributed by atoms with Gasteiger partial charge in [0.25, 0.3) is 0 Å². The van der Waals surface area contributed by atoms with Gasteiger partial charge >= 0.3 is 0 Å². The molecule has 1 aromatic rings. The van der Waals surface area contributed by atoms with Crippen LogP contribution in [0.4, 0.5) is 0 Å². The third-order valence-corrected chi connectivity index (χ3v) is 2.20. The van der Waals surface area contributed by atoms with Gasteiger partial charge in [0, 0.05) is 12.2 Å². The molecule has 0 amide bonds. The minimum absolute atomic E-state index is 0.0536. The first-order valence-corrected chi connectivity index (χ1v) is 5.46. The molecule has 0 bridgehead atoms. The minimum Gasteiger partial charge on any atom is -0.492 e. The average Bonchev–Trinajstić information content (AvgIpc) is 2.17. The molecule has 1 unspecified atom stereocenters. The normalized spacial score (nSPS) is 12.9. The molecule has 0 saturated carbocycles. The molecule has 1 aromatic heterocycles. The molecule has 0 aliphatic heterocycles. The summed E-state index contributed by atoms with van der Waals surface area (Å²) in [5.74, 6) is 1.39. The lowest BCUT2D eigenvalue weighted by Gasteiger charge is -2.14. The molecule has 1 heterocycles. The molecular formula is C12H20N2O. The Balaban J connectivity index is 2.71. The Bertz CT molecular complexity index is 299. The molecule has 84 valence electrons. The lowest BCUT2D eigenvalue weighted by atomic mass is 9.99. The smallest absolute Gasteiger partial charge is 0.137 e. The zero-order valence-electron chi connectivity index (χ0n) is 9.73. The van der Waals surface area contributed by atoms with Gasteiger partial charge in [-0.05, 0) is 30.9 Å². The second-order valence-corrected chi connectivity index (χ2v) is 4.12. The highest BCUT2D eigenvalue weighted by atomic mass is 16.5. The Labute approximate surface area is 91.7 Å². The van der Waals surface area contributed by atoms with Gasteiger partial charge in [0.2, 0.25) is 0 Å². The monoisotopic (exact) mass is 208 g/mol. The Hall–Kier alpha value is -1.09. The van der Waals surface area contributed by atoms with Crippen LogP contribution in [0.2, 0.25) is 0 Å². The van der Waals surface area contributed by atoms with Gasteiger partial charge < -0.3 is 10.5 Å². The second kappa shape index (κ2) is 5.71. The van der Waals surface area contributed by atoms with Gasteiger partial charge in [-0.25, -0.2) is 0 Å². The molecule has 0 aliphatic carbocycles. The summed E-state index contributed by atoms with van der Waals surface area (Å²) in [7, 11) is 0. The van der Waals surface area contributed by atoms with Gasteiger partial charge in [-0.2, -0.15) is 0 Å². The van der Waals surface area contributed by atoms with Crippen molar-refractivity contribution < 1.29 is 4.74 Å². The second-order valence-electron chi connectivity index (χ2n) is 4.12. The first kappa shape index (κ1) is 12.0. The van der Waals surface area contributed by atoms with Crippen molar-refractivity contribution in [3.05, 3.63) is 24.0 Å². The van der Waals surface area contributed by atoms with E-state index in [4.69, 9.17) is 10.5 Å². The Kier molecular flexibility index (Phi) is 4.56. The van der Waals surface area contributed by atoms with E-state index in [0.29, 0.717) is 12.5 Å². The molecule has 0 radical (unpaired) electrons. The summed E-state index contributed by atoms with van der Waals surface area (Å²) in [6, 6.07) is 2.03. The number of hydrogen-bond donors (Lipinski definition) is 1. The van der Waals surface area contributed by atoms with Crippen molar-refractivity contribution in [3.8, 4) is 5.75 Å². The molecule has 3 nitrogen and oxygen atoms in total. The summed E-state index contributed by atoms with van der Waals surface area (Å²) in [6.07, 6.45) is 4.50. The molecular weight excluding hydrogens is 188 g/mol. The summed E-state index contributed by atoms with van der Waals surface area (Å²) >= 11 is 0. The summed E-state index contributed by atoms with van der Waals surface area (Å²) in [5, 5.41) is 0. The Morgan fingerprint density at radius 3 is 2.73 bits per heavy atom. The van der Waals surface area contributed by atoms with Gasteiger partial charge in [0.05, 0.1) is 12.8 Å². The number of pyridine rings is 1. The number of aromatic nitrogens is 1. The number of ether oxygens (including phenoxy) is 1. The fourth-order valence-electron chi connectivity index (χ4n) is 1.53. The van der Waals surface area contributed by atoms with Gasteiger partial charge in [-0.15, -0.1) is 0 Å². The van der Waals surface area contributed by atoms with Crippen LogP contribution >= 0.6 is 0 Å². The van der Waals surface area contributed by atoms with Crippen molar-refractivity contribution >= 4 is 0 Å². The van der Waals surface area contributed by atoms with E-state index in [0.717, 1.165) is 17.7 Å². The van der Waals surface area contributed by atoms with Crippen molar-refractivity contribution in [2.24, 2.45) is 11.7 Å². The van der Waals surface area contributed by atoms with Crippen LogP contribution < -0.4 is 10.5 Å². The molecule has 0 spiro atoms. The van der Waals surface area contributed by atoms with E-state index < -0.39 is 0 Å². The van der Waals surface area contributed by atoms with E-state index in [9.17, 15) is 0 Å². The standard InChI is InChI=1S/C12H20N2O/c1-4-15-11-6-10(7-14-8-11)12(13)5-9(2)3/h6-9,12H,4-5,13H2,1-3H3. The van der Waals surface area contributed by atoms with Gasteiger partial charge in [0.1, 0.15) is 5.75 Å². The van der Waals surface area contributed by atoms with Crippen LogP contribution in [0.1, 0.15) is 38.8 Å². The van der Waals surface area contributed by atoms with Crippen LogP contribution in [0.15, 0.2) is 18.5 Å². The van der Waals surface area contributed by atoms with Crippen molar-refractivity contribution in [1.29, 1.82) is 0 Å². The number of hydrogen-bond acceptors (Lipinski definition) is 3. The van der Waals surface area contributed by atoms with Gasteiger partial charge in [-0.3, -0.25) is 4.98 Å². The highest BCUT2D eigenvalue weighted by molar-refractivity contribution is 5.25. The molecule has 0 aromatic carbocycles. The first-order valence-electron chi connectivity index (χ1n) is 5.46. The van der Waals surface area contributed by atoms with Gasteiger partial charge in [0.15, 0.2) is 0 Å². The summed E-state index contributed by atoms with van der Waals surface area (Å²) < 4.78 is 5.38. The lowest BCUT2D eigenvalue weighted by Crippen LogP contribution is -2.13. The number of rotatable bonds is 5. The van der Waals surface area contributed by atoms with Crippen LogP contribution in [-0.4, -0.2) is 11.6 Å². The average molecular weight is 208 g/mol. The highest BCUT2D eigenvalue weighted by Gasteiger charge is 2.09. The quantitative estimate of drug-likeness (QED) is 0.808. The maximum Gasteiger partial charge on any atom is 0.137 e. The largest absolute Gasteiger partial charge is 0.492 e. The highest BCUT2D eigenvalue weighted by Crippen LogP contribution is 2.21. The maximum absolute atomic E-state index is 6.07.